The first-order chi connectivity index (χ1) is 14.8. The van der Waals surface area contributed by atoms with Crippen LogP contribution in [-0.4, -0.2) is 23.6 Å². The largest absolute Gasteiger partial charge is 0.489 e. The van der Waals surface area contributed by atoms with Crippen molar-refractivity contribution in [1.82, 2.24) is 9.97 Å². The summed E-state index contributed by atoms with van der Waals surface area (Å²) in [6.07, 6.45) is 2.94. The number of pyridine rings is 1. The van der Waals surface area contributed by atoms with Gasteiger partial charge in [-0.2, -0.15) is 0 Å². The number of rotatable bonds is 9. The Morgan fingerprint density at radius 3 is 2.63 bits per heavy atom. The lowest BCUT2D eigenvalue weighted by atomic mass is 10.0. The van der Waals surface area contributed by atoms with E-state index in [1.165, 1.54) is 5.56 Å². The maximum Gasteiger partial charge on any atom is 0.213 e. The molecule has 0 saturated carbocycles. The number of ether oxygens (including phenoxy) is 2. The van der Waals surface area contributed by atoms with Crippen molar-refractivity contribution < 1.29 is 9.47 Å². The van der Waals surface area contributed by atoms with E-state index in [0.29, 0.717) is 19.0 Å². The van der Waals surface area contributed by atoms with Crippen LogP contribution >= 0.6 is 0 Å². The van der Waals surface area contributed by atoms with Crippen molar-refractivity contribution in [2.45, 2.75) is 25.9 Å². The highest BCUT2D eigenvalue weighted by atomic mass is 16.5. The molecule has 154 valence electrons. The van der Waals surface area contributed by atoms with Crippen molar-refractivity contribution in [2.75, 3.05) is 13.7 Å². The number of hydrogen-bond acceptors (Lipinski definition) is 4. The van der Waals surface area contributed by atoms with E-state index in [9.17, 15) is 0 Å². The summed E-state index contributed by atoms with van der Waals surface area (Å²) < 4.78 is 11.4. The van der Waals surface area contributed by atoms with Gasteiger partial charge in [0.05, 0.1) is 18.5 Å². The third kappa shape index (κ3) is 4.47. The first kappa shape index (κ1) is 20.0. The van der Waals surface area contributed by atoms with Gasteiger partial charge in [0.2, 0.25) is 5.88 Å². The molecule has 4 rings (SSSR count). The predicted molar refractivity (Wildman–Crippen MR) is 121 cm³/mol. The van der Waals surface area contributed by atoms with Crippen LogP contribution in [-0.2, 0) is 13.0 Å². The van der Waals surface area contributed by atoms with Gasteiger partial charge in [-0.3, -0.25) is 0 Å². The summed E-state index contributed by atoms with van der Waals surface area (Å²) in [6.45, 7) is 1.24. The molecule has 0 atom stereocenters. The molecule has 2 heterocycles. The summed E-state index contributed by atoms with van der Waals surface area (Å²) in [7, 11) is 1.63. The molecule has 3 N–H and O–H groups in total. The van der Waals surface area contributed by atoms with E-state index in [1.807, 2.05) is 42.5 Å². The number of fused-ring (bicyclic) bond motifs is 1. The molecule has 0 bridgehead atoms. The third-order valence-corrected chi connectivity index (χ3v) is 5.20. The number of aromatic amines is 1. The second-order valence-electron chi connectivity index (χ2n) is 7.27. The molecule has 0 amide bonds. The Bertz CT molecular complexity index is 1110. The molecule has 0 unspecified atom stereocenters. The number of nitrogens with one attached hydrogen (secondary N) is 1. The molecule has 0 aliphatic carbocycles. The number of benzene rings is 2. The van der Waals surface area contributed by atoms with Gasteiger partial charge >= 0.3 is 0 Å². The molecule has 2 aromatic carbocycles. The highest BCUT2D eigenvalue weighted by molar-refractivity contribution is 5.91. The summed E-state index contributed by atoms with van der Waals surface area (Å²) in [5, 5.41) is 1.16. The van der Waals surface area contributed by atoms with Gasteiger partial charge in [-0.1, -0.05) is 36.4 Å². The Kier molecular flexibility index (Phi) is 6.30. The smallest absolute Gasteiger partial charge is 0.213 e. The fraction of sp³-hybridized carbons (Fsp3) is 0.240. The lowest BCUT2D eigenvalue weighted by Gasteiger charge is -2.08. The topological polar surface area (TPSA) is 73.2 Å². The molecule has 30 heavy (non-hydrogen) atoms. The molecular weight excluding hydrogens is 374 g/mol. The number of aryl methyl sites for hydroxylation is 1. The van der Waals surface area contributed by atoms with E-state index in [0.717, 1.165) is 52.9 Å². The Morgan fingerprint density at radius 2 is 1.83 bits per heavy atom. The van der Waals surface area contributed by atoms with Crippen LogP contribution in [0.3, 0.4) is 0 Å². The minimum Gasteiger partial charge on any atom is -0.489 e. The summed E-state index contributed by atoms with van der Waals surface area (Å²) in [5.41, 5.74) is 11.1. The molecule has 0 fully saturated rings. The summed E-state index contributed by atoms with van der Waals surface area (Å²) in [6, 6.07) is 22.2. The van der Waals surface area contributed by atoms with Gasteiger partial charge in [-0.15, -0.1) is 0 Å². The van der Waals surface area contributed by atoms with Crippen LogP contribution in [0.1, 0.15) is 24.0 Å². The van der Waals surface area contributed by atoms with E-state index in [2.05, 4.69) is 34.2 Å². The van der Waals surface area contributed by atoms with E-state index in [4.69, 9.17) is 15.2 Å². The van der Waals surface area contributed by atoms with Crippen molar-refractivity contribution >= 4 is 10.9 Å². The zero-order valence-electron chi connectivity index (χ0n) is 17.2. The Morgan fingerprint density at radius 1 is 0.967 bits per heavy atom. The number of unbranched alkanes of at least 4 members (excludes halogenated alkanes) is 1. The normalized spacial score (nSPS) is 11.0. The molecule has 0 aliphatic rings. The van der Waals surface area contributed by atoms with Crippen LogP contribution < -0.4 is 15.2 Å². The third-order valence-electron chi connectivity index (χ3n) is 5.20. The highest BCUT2D eigenvalue weighted by Gasteiger charge is 2.15. The average molecular weight is 402 g/mol. The molecule has 0 aliphatic heterocycles. The predicted octanol–water partition coefficient (Wildman–Crippen LogP) is 5.10. The number of nitrogens with two attached hydrogens (primary N) is 1. The highest BCUT2D eigenvalue weighted by Crippen LogP contribution is 2.33. The van der Waals surface area contributed by atoms with Gasteiger partial charge in [-0.25, -0.2) is 4.98 Å². The fourth-order valence-corrected chi connectivity index (χ4v) is 3.65. The molecule has 0 radical (unpaired) electrons. The zero-order chi connectivity index (χ0) is 20.8. The first-order valence-corrected chi connectivity index (χ1v) is 10.3. The van der Waals surface area contributed by atoms with Crippen LogP contribution in [0, 0.1) is 0 Å². The maximum atomic E-state index is 6.06. The standard InChI is InChI=1S/C25H27N3O2/c1-29-24-12-7-11-23(27-24)25-20(10-5-6-15-26)21-16-19(13-14-22(21)28-25)30-17-18-8-3-2-4-9-18/h2-4,7-9,11-14,16,28H,5-6,10,15,17,26H2,1H3. The van der Waals surface area contributed by atoms with Crippen molar-refractivity contribution in [3.63, 3.8) is 0 Å². The zero-order valence-corrected chi connectivity index (χ0v) is 17.2. The van der Waals surface area contributed by atoms with Gasteiger partial charge in [-0.05, 0) is 61.2 Å². The molecule has 2 aromatic heterocycles. The van der Waals surface area contributed by atoms with E-state index in [-0.39, 0.29) is 0 Å². The molecule has 5 heteroatoms. The molecule has 0 saturated heterocycles. The van der Waals surface area contributed by atoms with E-state index >= 15 is 0 Å². The number of hydrogen-bond donors (Lipinski definition) is 2. The van der Waals surface area contributed by atoms with Crippen molar-refractivity contribution in [2.24, 2.45) is 5.73 Å². The Labute approximate surface area is 176 Å². The van der Waals surface area contributed by atoms with Gasteiger partial charge in [0.1, 0.15) is 12.4 Å². The van der Waals surface area contributed by atoms with E-state index in [1.54, 1.807) is 7.11 Å². The monoisotopic (exact) mass is 401 g/mol. The van der Waals surface area contributed by atoms with Crippen LogP contribution in [0.15, 0.2) is 66.7 Å². The lowest BCUT2D eigenvalue weighted by molar-refractivity contribution is 0.306. The van der Waals surface area contributed by atoms with Gasteiger partial charge < -0.3 is 20.2 Å². The Balaban J connectivity index is 1.69. The van der Waals surface area contributed by atoms with Gasteiger partial charge in [0.15, 0.2) is 0 Å². The molecule has 4 aromatic rings. The number of aromatic nitrogens is 2. The minimum atomic E-state index is 0.545. The van der Waals surface area contributed by atoms with Crippen LogP contribution in [0.2, 0.25) is 0 Å². The molecule has 0 spiro atoms. The quantitative estimate of drug-likeness (QED) is 0.383. The number of nitrogens with zero attached hydrogens (tertiary/aromatic N) is 1. The second-order valence-corrected chi connectivity index (χ2v) is 7.27. The van der Waals surface area contributed by atoms with Crippen molar-refractivity contribution in [1.29, 1.82) is 0 Å². The lowest BCUT2D eigenvalue weighted by Crippen LogP contribution is -2.00. The minimum absolute atomic E-state index is 0.545. The summed E-state index contributed by atoms with van der Waals surface area (Å²) in [5.74, 6) is 1.46. The van der Waals surface area contributed by atoms with Crippen molar-refractivity contribution in [3.05, 3.63) is 77.9 Å². The van der Waals surface area contributed by atoms with Gasteiger partial charge in [0.25, 0.3) is 0 Å². The van der Waals surface area contributed by atoms with E-state index < -0.39 is 0 Å². The van der Waals surface area contributed by atoms with Crippen molar-refractivity contribution in [3.8, 4) is 23.0 Å². The molecule has 5 nitrogen and oxygen atoms in total. The van der Waals surface area contributed by atoms with Crippen LogP contribution in [0.25, 0.3) is 22.3 Å². The molecular formula is C25H27N3O2. The number of H-pyrrole nitrogens is 1. The SMILES string of the molecule is COc1cccc(-c2[nH]c3ccc(OCc4ccccc4)cc3c2CCCCN)n1. The second kappa shape index (κ2) is 9.46. The fourth-order valence-electron chi connectivity index (χ4n) is 3.65. The average Bonchev–Trinajstić information content (AvgIpc) is 3.16. The maximum absolute atomic E-state index is 6.06. The summed E-state index contributed by atoms with van der Waals surface area (Å²) >= 11 is 0. The summed E-state index contributed by atoms with van der Waals surface area (Å²) in [4.78, 5) is 8.19. The van der Waals surface area contributed by atoms with Gasteiger partial charge in [0, 0.05) is 17.0 Å². The first-order valence-electron chi connectivity index (χ1n) is 10.3. The number of methoxy groups -OCH3 is 1. The van der Waals surface area contributed by atoms with Crippen LogP contribution in [0.4, 0.5) is 0 Å². The Hall–Kier alpha value is -3.31. The van der Waals surface area contributed by atoms with Crippen LogP contribution in [0.5, 0.6) is 11.6 Å².